The highest BCUT2D eigenvalue weighted by atomic mass is 35.5. The van der Waals surface area contributed by atoms with E-state index in [4.69, 9.17) is 16.3 Å². The van der Waals surface area contributed by atoms with Crippen molar-refractivity contribution in [3.63, 3.8) is 0 Å². The lowest BCUT2D eigenvalue weighted by atomic mass is 9.94. The molecule has 0 saturated heterocycles. The zero-order valence-electron chi connectivity index (χ0n) is 27.3. The van der Waals surface area contributed by atoms with Gasteiger partial charge in [0.2, 0.25) is 11.8 Å². The number of sulfonamides is 1. The molecule has 1 aliphatic carbocycles. The van der Waals surface area contributed by atoms with Crippen LogP contribution in [0.2, 0.25) is 5.02 Å². The number of methoxy groups -OCH3 is 1. The molecule has 1 aliphatic rings. The molecule has 4 aromatic rings. The molecule has 5 rings (SSSR count). The summed E-state index contributed by atoms with van der Waals surface area (Å²) in [6, 6.07) is 28.9. The van der Waals surface area contributed by atoms with Crippen molar-refractivity contribution < 1.29 is 22.7 Å². The van der Waals surface area contributed by atoms with Gasteiger partial charge < -0.3 is 15.0 Å². The Morgan fingerprint density at radius 2 is 1.52 bits per heavy atom. The zero-order chi connectivity index (χ0) is 34.1. The lowest BCUT2D eigenvalue weighted by Gasteiger charge is -2.35. The molecule has 0 aromatic heterocycles. The summed E-state index contributed by atoms with van der Waals surface area (Å²) in [5.74, 6) is -0.501. The Labute approximate surface area is 288 Å². The predicted octanol–water partition coefficient (Wildman–Crippen LogP) is 6.94. The van der Waals surface area contributed by atoms with Crippen LogP contribution in [0.4, 0.5) is 5.69 Å². The van der Waals surface area contributed by atoms with Gasteiger partial charge in [0.25, 0.3) is 10.0 Å². The molecule has 8 nitrogen and oxygen atoms in total. The third-order valence-electron chi connectivity index (χ3n) is 8.70. The molecule has 48 heavy (non-hydrogen) atoms. The molecular formula is C38H42ClN3O5S. The van der Waals surface area contributed by atoms with Gasteiger partial charge >= 0.3 is 0 Å². The SMILES string of the molecule is COc1ccc(C)cc1N(CC(=O)N(Cc1ccc(Cl)cc1)[C@H](Cc1ccccc1)C(=O)NC1CCCCC1)S(=O)(=O)c1ccccc1. The van der Waals surface area contributed by atoms with Crippen LogP contribution in [0.25, 0.3) is 0 Å². The molecule has 1 N–H and O–H groups in total. The number of rotatable bonds is 13. The fraction of sp³-hybridized carbons (Fsp3) is 0.316. The van der Waals surface area contributed by atoms with Crippen LogP contribution in [-0.4, -0.2) is 50.9 Å². The van der Waals surface area contributed by atoms with Crippen molar-refractivity contribution >= 4 is 39.1 Å². The minimum atomic E-state index is -4.25. The molecule has 0 aliphatic heterocycles. The molecule has 2 amide bonds. The molecule has 0 heterocycles. The van der Waals surface area contributed by atoms with Crippen LogP contribution in [0.5, 0.6) is 5.75 Å². The van der Waals surface area contributed by atoms with Crippen molar-refractivity contribution in [2.75, 3.05) is 18.0 Å². The molecule has 0 unspecified atom stereocenters. The van der Waals surface area contributed by atoms with Crippen molar-refractivity contribution in [2.24, 2.45) is 0 Å². The van der Waals surface area contributed by atoms with Crippen molar-refractivity contribution in [1.29, 1.82) is 0 Å². The summed E-state index contributed by atoms with van der Waals surface area (Å²) < 4.78 is 35.3. The van der Waals surface area contributed by atoms with E-state index < -0.39 is 28.5 Å². The monoisotopic (exact) mass is 687 g/mol. The number of anilines is 1. The number of amides is 2. The Balaban J connectivity index is 1.59. The number of ether oxygens (including phenoxy) is 1. The van der Waals surface area contributed by atoms with E-state index in [0.717, 1.165) is 53.1 Å². The molecular weight excluding hydrogens is 646 g/mol. The molecule has 252 valence electrons. The van der Waals surface area contributed by atoms with E-state index in [1.165, 1.54) is 24.1 Å². The van der Waals surface area contributed by atoms with Crippen LogP contribution in [0.1, 0.15) is 48.8 Å². The Hall–Kier alpha value is -4.34. The smallest absolute Gasteiger partial charge is 0.264 e. The fourth-order valence-corrected chi connectivity index (χ4v) is 7.68. The second-order valence-corrected chi connectivity index (χ2v) is 14.5. The minimum absolute atomic E-state index is 0.0171. The quantitative estimate of drug-likeness (QED) is 0.164. The first-order chi connectivity index (χ1) is 23.2. The number of carbonyl (C=O) groups is 2. The molecule has 0 spiro atoms. The van der Waals surface area contributed by atoms with Gasteiger partial charge in [-0.2, -0.15) is 0 Å². The maximum atomic E-state index is 14.8. The van der Waals surface area contributed by atoms with Gasteiger partial charge in [0.05, 0.1) is 17.7 Å². The number of nitrogens with one attached hydrogen (secondary N) is 1. The number of carbonyl (C=O) groups excluding carboxylic acids is 2. The third kappa shape index (κ3) is 8.76. The van der Waals surface area contributed by atoms with Gasteiger partial charge in [0.15, 0.2) is 0 Å². The topological polar surface area (TPSA) is 96.0 Å². The molecule has 10 heteroatoms. The largest absolute Gasteiger partial charge is 0.495 e. The van der Waals surface area contributed by atoms with Crippen LogP contribution in [0, 0.1) is 6.92 Å². The normalized spacial score (nSPS) is 14.1. The summed E-state index contributed by atoms with van der Waals surface area (Å²) in [5, 5.41) is 3.77. The lowest BCUT2D eigenvalue weighted by Crippen LogP contribution is -2.55. The molecule has 4 aromatic carbocycles. The molecule has 1 saturated carbocycles. The highest BCUT2D eigenvalue weighted by Gasteiger charge is 2.36. The summed E-state index contributed by atoms with van der Waals surface area (Å²) in [5.41, 5.74) is 2.65. The lowest BCUT2D eigenvalue weighted by molar-refractivity contribution is -0.140. The van der Waals surface area contributed by atoms with E-state index in [0.29, 0.717) is 10.8 Å². The number of aryl methyl sites for hydroxylation is 1. The molecule has 0 radical (unpaired) electrons. The Kier molecular flexibility index (Phi) is 11.8. The maximum Gasteiger partial charge on any atom is 0.264 e. The fourth-order valence-electron chi connectivity index (χ4n) is 6.11. The second kappa shape index (κ2) is 16.2. The Morgan fingerprint density at radius 3 is 2.17 bits per heavy atom. The van der Waals surface area contributed by atoms with Gasteiger partial charge in [-0.05, 0) is 72.9 Å². The standard InChI is InChI=1S/C38H42ClN3O5S/c1-28-18-23-36(47-2)34(24-28)42(48(45,46)33-16-10-5-11-17-33)27-37(43)41(26-30-19-21-31(39)22-20-30)35(25-29-12-6-3-7-13-29)38(44)40-32-14-8-4-9-15-32/h3,5-7,10-13,16-24,32,35H,4,8-9,14-15,25-27H2,1-2H3,(H,40,44)/t35-/m1/s1. The first kappa shape index (κ1) is 35.0. The first-order valence-electron chi connectivity index (χ1n) is 16.3. The molecule has 1 atom stereocenters. The first-order valence-corrected chi connectivity index (χ1v) is 18.1. The Morgan fingerprint density at radius 1 is 0.875 bits per heavy atom. The van der Waals surface area contributed by atoms with E-state index in [1.54, 1.807) is 42.5 Å². The van der Waals surface area contributed by atoms with Crippen LogP contribution in [-0.2, 0) is 32.6 Å². The highest BCUT2D eigenvalue weighted by Crippen LogP contribution is 2.34. The van der Waals surface area contributed by atoms with Crippen molar-refractivity contribution in [3.8, 4) is 5.75 Å². The van der Waals surface area contributed by atoms with Crippen molar-refractivity contribution in [1.82, 2.24) is 10.2 Å². The zero-order valence-corrected chi connectivity index (χ0v) is 28.9. The van der Waals surface area contributed by atoms with Crippen LogP contribution < -0.4 is 14.4 Å². The number of hydrogen-bond donors (Lipinski definition) is 1. The summed E-state index contributed by atoms with van der Waals surface area (Å²) in [6.45, 7) is 1.35. The number of hydrogen-bond acceptors (Lipinski definition) is 5. The highest BCUT2D eigenvalue weighted by molar-refractivity contribution is 7.92. The van der Waals surface area contributed by atoms with Crippen molar-refractivity contribution in [3.05, 3.63) is 125 Å². The van der Waals surface area contributed by atoms with Crippen LogP contribution in [0.15, 0.2) is 108 Å². The second-order valence-electron chi connectivity index (χ2n) is 12.2. The van der Waals surface area contributed by atoms with Crippen LogP contribution in [0.3, 0.4) is 0 Å². The Bertz CT molecular complexity index is 1780. The van der Waals surface area contributed by atoms with Gasteiger partial charge in [-0.25, -0.2) is 8.42 Å². The van der Waals surface area contributed by atoms with E-state index in [-0.39, 0.29) is 35.5 Å². The van der Waals surface area contributed by atoms with E-state index in [2.05, 4.69) is 5.32 Å². The number of halogens is 1. The minimum Gasteiger partial charge on any atom is -0.495 e. The van der Waals surface area contributed by atoms with Gasteiger partial charge in [-0.3, -0.25) is 13.9 Å². The maximum absolute atomic E-state index is 14.8. The number of nitrogens with zero attached hydrogens (tertiary/aromatic N) is 2. The van der Waals surface area contributed by atoms with E-state index >= 15 is 0 Å². The summed E-state index contributed by atoms with van der Waals surface area (Å²) in [4.78, 5) is 30.5. The summed E-state index contributed by atoms with van der Waals surface area (Å²) >= 11 is 6.20. The van der Waals surface area contributed by atoms with Crippen molar-refractivity contribution in [2.45, 2.75) is 69.0 Å². The predicted molar refractivity (Wildman–Crippen MR) is 190 cm³/mol. The van der Waals surface area contributed by atoms with E-state index in [9.17, 15) is 18.0 Å². The third-order valence-corrected chi connectivity index (χ3v) is 10.7. The average Bonchev–Trinajstić information content (AvgIpc) is 3.10. The van der Waals surface area contributed by atoms with Crippen LogP contribution >= 0.6 is 11.6 Å². The summed E-state index contributed by atoms with van der Waals surface area (Å²) in [6.07, 6.45) is 5.21. The summed E-state index contributed by atoms with van der Waals surface area (Å²) in [7, 11) is -2.79. The van der Waals surface area contributed by atoms with Gasteiger partial charge in [-0.1, -0.05) is 97.6 Å². The molecule has 0 bridgehead atoms. The van der Waals surface area contributed by atoms with Gasteiger partial charge in [-0.15, -0.1) is 0 Å². The van der Waals surface area contributed by atoms with Gasteiger partial charge in [0, 0.05) is 24.0 Å². The number of benzene rings is 4. The van der Waals surface area contributed by atoms with Gasteiger partial charge in [0.1, 0.15) is 18.3 Å². The van der Waals surface area contributed by atoms with E-state index in [1.807, 2.05) is 55.5 Å². The average molecular weight is 688 g/mol. The molecule has 1 fully saturated rings.